The lowest BCUT2D eigenvalue weighted by molar-refractivity contribution is 0.00578. The summed E-state index contributed by atoms with van der Waals surface area (Å²) in [5.74, 6) is -2.12. The van der Waals surface area contributed by atoms with E-state index in [0.717, 1.165) is 98.8 Å². The molecular formula is C90H114B8BrF8I7O21. The Balaban J connectivity index is 0.000000397. The molecule has 0 aliphatic carbocycles. The topological polar surface area (TPSA) is 205 Å². The van der Waals surface area contributed by atoms with E-state index in [0.29, 0.717) is 72.7 Å². The van der Waals surface area contributed by atoms with Crippen molar-refractivity contribution < 1.29 is 133 Å². The molecule has 1 atom stereocenters. The molecule has 14 rings (SSSR count). The molecule has 0 amide bonds. The van der Waals surface area contributed by atoms with Gasteiger partial charge in [0.15, 0.2) is 0 Å². The number of benzene rings is 9. The van der Waals surface area contributed by atoms with Crippen molar-refractivity contribution in [3.63, 3.8) is 0 Å². The van der Waals surface area contributed by atoms with Crippen LogP contribution >= 0.6 is 174 Å². The summed E-state index contributed by atoms with van der Waals surface area (Å²) in [6.07, 6.45) is 2.84. The quantitative estimate of drug-likeness (QED) is 0.0275. The molecule has 5 saturated heterocycles. The van der Waals surface area contributed by atoms with Crippen molar-refractivity contribution >= 4 is 232 Å². The van der Waals surface area contributed by atoms with Gasteiger partial charge in [-0.15, -0.1) is 0 Å². The highest BCUT2D eigenvalue weighted by Gasteiger charge is 2.53. The summed E-state index contributed by atoms with van der Waals surface area (Å²) in [5.41, 5.74) is 6.56. The molecule has 0 saturated carbocycles. The van der Waals surface area contributed by atoms with Gasteiger partial charge in [0, 0.05) is 69.1 Å². The summed E-state index contributed by atoms with van der Waals surface area (Å²) in [6.45, 7) is 23.3. The number of hydrogen-bond donors (Lipinski definition) is 1. The highest BCUT2D eigenvalue weighted by atomic mass is 127. The number of halogens is 16. The maximum absolute atomic E-state index is 13.2. The molecule has 21 nitrogen and oxygen atoms in total. The average molecular weight is 2740 g/mol. The molecule has 5 heterocycles. The van der Waals surface area contributed by atoms with Crippen molar-refractivity contribution in [2.45, 2.75) is 187 Å². The first-order valence-electron chi connectivity index (χ1n) is 41.1. The molecule has 1 N–H and O–H groups in total. The van der Waals surface area contributed by atoms with Crippen LogP contribution in [0.1, 0.15) is 147 Å². The van der Waals surface area contributed by atoms with E-state index in [-0.39, 0.29) is 129 Å². The molecule has 5 fully saturated rings. The lowest BCUT2D eigenvalue weighted by atomic mass is 9.90. The molecule has 45 heteroatoms. The zero-order chi connectivity index (χ0) is 95.6. The summed E-state index contributed by atoms with van der Waals surface area (Å²) in [4.78, 5) is 0. The van der Waals surface area contributed by atoms with Gasteiger partial charge in [-0.3, -0.25) is 0 Å². The minimum Gasteiger partial charge on any atom is -0.427 e. The van der Waals surface area contributed by atoms with Crippen LogP contribution in [0.4, 0.5) is 35.1 Å². The third-order valence-electron chi connectivity index (χ3n) is 18.7. The third kappa shape index (κ3) is 49.4. The van der Waals surface area contributed by atoms with E-state index in [1.165, 1.54) is 104 Å². The summed E-state index contributed by atoms with van der Waals surface area (Å²) in [5, 5.41) is 8.86. The predicted octanol–water partition coefficient (Wildman–Crippen LogP) is 25.3. The summed E-state index contributed by atoms with van der Waals surface area (Å²) in [7, 11) is -3.10. The van der Waals surface area contributed by atoms with Crippen LogP contribution in [-0.4, -0.2) is 134 Å². The van der Waals surface area contributed by atoms with Gasteiger partial charge in [-0.05, 0) is 435 Å². The molecule has 1 unspecified atom stereocenters. The second-order valence-corrected chi connectivity index (χ2v) is 38.9. The van der Waals surface area contributed by atoms with Crippen LogP contribution in [0.5, 0.6) is 0 Å². The van der Waals surface area contributed by atoms with Crippen LogP contribution in [0.2, 0.25) is 20.5 Å². The van der Waals surface area contributed by atoms with Crippen molar-refractivity contribution in [3.8, 4) is 0 Å². The van der Waals surface area contributed by atoms with Gasteiger partial charge in [0.2, 0.25) is 0 Å². The van der Waals surface area contributed by atoms with E-state index in [2.05, 4.69) is 174 Å². The van der Waals surface area contributed by atoms with Crippen molar-refractivity contribution in [2.24, 2.45) is 0 Å². The van der Waals surface area contributed by atoms with Crippen molar-refractivity contribution in [3.05, 3.63) is 302 Å². The molecular weight excluding hydrogens is 2620 g/mol. The highest BCUT2D eigenvalue weighted by molar-refractivity contribution is 14.1. The maximum atomic E-state index is 13.2. The van der Waals surface area contributed by atoms with E-state index >= 15 is 0 Å². The Hall–Kier alpha value is -2.31. The minimum absolute atomic E-state index is 0. The summed E-state index contributed by atoms with van der Waals surface area (Å²) >= 11 is 18.3. The second kappa shape index (κ2) is 68.1. The van der Waals surface area contributed by atoms with Gasteiger partial charge in [0.05, 0.1) is 90.0 Å². The second-order valence-electron chi connectivity index (χ2n) is 29.9. The minimum atomic E-state index is -0.820. The first kappa shape index (κ1) is 127. The van der Waals surface area contributed by atoms with Crippen LogP contribution in [0.3, 0.4) is 0 Å². The van der Waals surface area contributed by atoms with Gasteiger partial charge in [-0.25, -0.2) is 35.1 Å². The first-order valence-corrected chi connectivity index (χ1v) is 49.4. The Morgan fingerprint density at radius 1 is 0.370 bits per heavy atom. The largest absolute Gasteiger partial charge is 0.640 e. The molecule has 736 valence electrons. The predicted molar refractivity (Wildman–Crippen MR) is 578 cm³/mol. The third-order valence-corrected chi connectivity index (χ3v) is 26.8. The highest BCUT2D eigenvalue weighted by Crippen LogP contribution is 2.38. The maximum Gasteiger partial charge on any atom is 0.640 e. The van der Waals surface area contributed by atoms with Gasteiger partial charge in [-0.2, -0.15) is 0 Å². The van der Waals surface area contributed by atoms with Crippen LogP contribution < -0.4 is 0 Å². The van der Waals surface area contributed by atoms with Crippen molar-refractivity contribution in [1.82, 2.24) is 0 Å². The van der Waals surface area contributed by atoms with E-state index in [1.54, 1.807) is 62.5 Å². The Kier molecular flexibility index (Phi) is 64.0. The number of rotatable bonds is 28. The van der Waals surface area contributed by atoms with Crippen LogP contribution in [0.25, 0.3) is 0 Å². The van der Waals surface area contributed by atoms with Gasteiger partial charge in [0.25, 0.3) is 0 Å². The monoisotopic (exact) mass is 2740 g/mol. The Bertz CT molecular complexity index is 4870. The lowest BCUT2D eigenvalue weighted by Gasteiger charge is -2.31. The normalized spacial score (nSPS) is 15.0. The zero-order valence-corrected chi connectivity index (χ0v) is 90.1. The first-order chi connectivity index (χ1) is 62.4. The smallest absolute Gasteiger partial charge is 0.427 e. The van der Waals surface area contributed by atoms with E-state index < -0.39 is 54.9 Å². The zero-order valence-electron chi connectivity index (χ0n) is 73.4. The van der Waals surface area contributed by atoms with Crippen LogP contribution in [0.15, 0.2) is 180 Å². The van der Waals surface area contributed by atoms with Gasteiger partial charge in [-0.1, -0.05) is 76.0 Å². The molecule has 0 bridgehead atoms. The fraction of sp³-hybridized carbons (Fsp3) is 0.400. The lowest BCUT2D eigenvalue weighted by Crippen LogP contribution is -2.41. The molecule has 9 aromatic carbocycles. The molecule has 135 heavy (non-hydrogen) atoms. The fourth-order valence-corrected chi connectivity index (χ4v) is 14.8. The Morgan fingerprint density at radius 3 is 0.985 bits per heavy atom. The Morgan fingerprint density at radius 2 is 0.652 bits per heavy atom. The van der Waals surface area contributed by atoms with Crippen molar-refractivity contribution in [2.75, 3.05) is 53.4 Å². The van der Waals surface area contributed by atoms with E-state index in [4.69, 9.17) is 98.1 Å². The van der Waals surface area contributed by atoms with Crippen molar-refractivity contribution in [1.29, 1.82) is 0 Å². The van der Waals surface area contributed by atoms with Gasteiger partial charge in [0.1, 0.15) is 46.5 Å². The molecule has 0 spiro atoms. The summed E-state index contributed by atoms with van der Waals surface area (Å²) < 4.78 is 219. The Labute approximate surface area is 897 Å². The van der Waals surface area contributed by atoms with Crippen LogP contribution in [-0.2, 0) is 146 Å². The van der Waals surface area contributed by atoms with Gasteiger partial charge < -0.3 is 98.1 Å². The van der Waals surface area contributed by atoms with Gasteiger partial charge >= 0.3 is 58.0 Å². The summed E-state index contributed by atoms with van der Waals surface area (Å²) in [6, 6.07) is 46.6. The molecule has 0 radical (unpaired) electrons. The molecule has 0 aromatic heterocycles. The van der Waals surface area contributed by atoms with E-state index in [1.807, 2.05) is 78.7 Å². The van der Waals surface area contributed by atoms with E-state index in [9.17, 15) is 35.1 Å². The average Bonchev–Trinajstić information content (AvgIpc) is 1.64. The standard InChI is InChI=1S/C15H13BFIO3.C13H17BFIO3.C11H13BBrFO3.C11H15BFIO2.C10H11BFIO3.C9H9BFIO3.C9H11BFIO2.C8H9BFIO2.4CH4/c17-13-6-7-14(18)12(8-13)9-19-16-20-10-15(21-16)11-4-2-1-3-5-11;1-12(2)13(3,4)19-14(18-12)17-8-9-7-10(15)5-6-11(9)16;13-11-4-3-10(14)7-9(11)8-17-12-15-5-1-2-6-16-12;1-8(2)16-12(3)15-7-9-6-10(13)4-5-11(9)14;12-9-2-3-10(13)8(6-9)7-16-11-14-4-1-5-15-11;11-8-1-2-9(12)7(5-8)6-15-10-13-3-4-14-10;1-10(13-2)14-6-7-5-8(11)3-4-9(7)12;1-9(12)13-5-6-4-7(10)2-3-8(6)11;;;;/h1-8,15H,9-10H2;5-7H,8H2,1-4H3;3-4,7H,1-2,5-6,8H2;4-6,8H,7H2,1-3H3;2-3,6H,1,4-5,7H2;1-2,5H,3-4,6H2;3-5H,6H2,1-2H3;2-4,12H,5H2,1H3;4*1H4. The van der Waals surface area contributed by atoms with Crippen LogP contribution in [0, 0.1) is 71.5 Å². The molecule has 5 aliphatic rings. The molecule has 5 aliphatic heterocycles. The molecule has 9 aromatic rings. The fourth-order valence-electron chi connectivity index (χ4n) is 11.0. The number of hydrogen-bond acceptors (Lipinski definition) is 21. The SMILES string of the molecule is C.C.C.C.CB(O)OCc1cc(F)ccc1I.CB(OCc1cc(F)ccc1I)OC(C)C.CC1(C)OB(OCc2cc(F)ccc2I)OC1(C)C.COB(C)OCc1cc(F)ccc1I.Fc1ccc(Br)c(COB2OCCCCO2)c1.Fc1ccc(I)c(COB2OCC(c3ccccc3)O2)c1.Fc1ccc(I)c(COB2OCCCO2)c1.Fc1ccc(I)c(COB2OCCO2)c1.